The van der Waals surface area contributed by atoms with Gasteiger partial charge in [0.1, 0.15) is 11.5 Å². The number of aromatic nitrogens is 2. The molecule has 0 aliphatic rings. The van der Waals surface area contributed by atoms with Gasteiger partial charge in [-0.3, -0.25) is 4.79 Å². The molecule has 1 aromatic rings. The van der Waals surface area contributed by atoms with Crippen LogP contribution in [0.1, 0.15) is 23.8 Å². The maximum atomic E-state index is 11.5. The molecule has 1 amide bonds. The number of hydrogen-bond acceptors (Lipinski definition) is 4. The van der Waals surface area contributed by atoms with Crippen molar-refractivity contribution in [2.75, 3.05) is 18.4 Å². The van der Waals surface area contributed by atoms with E-state index in [0.717, 1.165) is 6.42 Å². The van der Waals surface area contributed by atoms with Crippen LogP contribution in [0.3, 0.4) is 0 Å². The lowest BCUT2D eigenvalue weighted by molar-refractivity contribution is 0.0948. The van der Waals surface area contributed by atoms with Gasteiger partial charge in [-0.25, -0.2) is 9.97 Å². The van der Waals surface area contributed by atoms with Crippen molar-refractivity contribution >= 4 is 11.7 Å². The molecule has 1 aromatic heterocycles. The number of nitrogens with zero attached hydrogens (tertiary/aromatic N) is 2. The van der Waals surface area contributed by atoms with E-state index in [0.29, 0.717) is 24.6 Å². The highest BCUT2D eigenvalue weighted by molar-refractivity contribution is 5.91. The summed E-state index contributed by atoms with van der Waals surface area (Å²) in [4.78, 5) is 19.6. The Morgan fingerprint density at radius 3 is 2.88 bits per heavy atom. The maximum Gasteiger partial charge on any atom is 0.271 e. The summed E-state index contributed by atoms with van der Waals surface area (Å²) in [7, 11) is 0. The minimum absolute atomic E-state index is 0.190. The van der Waals surface area contributed by atoms with Gasteiger partial charge in [-0.05, 0) is 6.42 Å². The van der Waals surface area contributed by atoms with Gasteiger partial charge in [0.25, 0.3) is 5.91 Å². The Morgan fingerprint density at radius 2 is 2.31 bits per heavy atom. The molecule has 1 heterocycles. The molecule has 0 radical (unpaired) electrons. The predicted molar refractivity (Wildman–Crippen MR) is 63.3 cm³/mol. The highest BCUT2D eigenvalue weighted by atomic mass is 16.1. The summed E-state index contributed by atoms with van der Waals surface area (Å²) in [6.45, 7) is 6.85. The quantitative estimate of drug-likeness (QED) is 0.707. The van der Waals surface area contributed by atoms with Crippen LogP contribution in [0.5, 0.6) is 0 Å². The zero-order valence-electron chi connectivity index (χ0n) is 9.36. The highest BCUT2D eigenvalue weighted by Gasteiger charge is 2.06. The fourth-order valence-corrected chi connectivity index (χ4v) is 1.04. The summed E-state index contributed by atoms with van der Waals surface area (Å²) < 4.78 is 0. The van der Waals surface area contributed by atoms with Gasteiger partial charge in [0.05, 0.1) is 12.4 Å². The highest BCUT2D eigenvalue weighted by Crippen LogP contribution is 2.00. The first-order valence-electron chi connectivity index (χ1n) is 5.23. The van der Waals surface area contributed by atoms with Crippen molar-refractivity contribution in [1.29, 1.82) is 0 Å². The number of carbonyl (C=O) groups is 1. The number of nitrogens with one attached hydrogen (secondary N) is 2. The predicted octanol–water partition coefficient (Wildman–Crippen LogP) is 1.21. The van der Waals surface area contributed by atoms with Gasteiger partial charge in [0, 0.05) is 13.1 Å². The van der Waals surface area contributed by atoms with Gasteiger partial charge < -0.3 is 10.6 Å². The van der Waals surface area contributed by atoms with E-state index in [-0.39, 0.29) is 5.91 Å². The Labute approximate surface area is 95.0 Å². The Hall–Kier alpha value is -1.91. The molecule has 0 saturated heterocycles. The third-order valence-electron chi connectivity index (χ3n) is 1.85. The summed E-state index contributed by atoms with van der Waals surface area (Å²) in [5.74, 6) is 0.441. The van der Waals surface area contributed by atoms with E-state index in [4.69, 9.17) is 0 Å². The summed E-state index contributed by atoms with van der Waals surface area (Å²) in [6, 6.07) is 0. The molecule has 1 rings (SSSR count). The van der Waals surface area contributed by atoms with Crippen molar-refractivity contribution in [3.63, 3.8) is 0 Å². The molecule has 0 aliphatic heterocycles. The molecule has 0 unspecified atom stereocenters. The average Bonchev–Trinajstić information content (AvgIpc) is 2.34. The van der Waals surface area contributed by atoms with Gasteiger partial charge >= 0.3 is 0 Å². The monoisotopic (exact) mass is 220 g/mol. The fourth-order valence-electron chi connectivity index (χ4n) is 1.04. The van der Waals surface area contributed by atoms with Gasteiger partial charge in [0.2, 0.25) is 0 Å². The Bertz CT molecular complexity index is 348. The summed E-state index contributed by atoms with van der Waals surface area (Å²) >= 11 is 0. The second-order valence-electron chi connectivity index (χ2n) is 3.21. The maximum absolute atomic E-state index is 11.5. The van der Waals surface area contributed by atoms with Crippen molar-refractivity contribution in [3.8, 4) is 0 Å². The van der Waals surface area contributed by atoms with Crippen LogP contribution in [0, 0.1) is 0 Å². The summed E-state index contributed by atoms with van der Waals surface area (Å²) in [5.41, 5.74) is 0.331. The topological polar surface area (TPSA) is 66.9 Å². The molecule has 5 heteroatoms. The largest absolute Gasteiger partial charge is 0.365 e. The molecule has 0 saturated carbocycles. The SMILES string of the molecule is C=CCNc1cnc(C(=O)NCCC)cn1. The molecule has 5 nitrogen and oxygen atoms in total. The zero-order valence-corrected chi connectivity index (χ0v) is 9.36. The van der Waals surface area contributed by atoms with E-state index >= 15 is 0 Å². The molecule has 86 valence electrons. The van der Waals surface area contributed by atoms with E-state index in [2.05, 4.69) is 27.2 Å². The smallest absolute Gasteiger partial charge is 0.271 e. The number of anilines is 1. The summed E-state index contributed by atoms with van der Waals surface area (Å²) in [5, 5.41) is 5.71. The molecule has 2 N–H and O–H groups in total. The molecular weight excluding hydrogens is 204 g/mol. The first kappa shape index (κ1) is 12.2. The molecule has 0 aromatic carbocycles. The summed E-state index contributed by atoms with van der Waals surface area (Å²) in [6.07, 6.45) is 5.61. The van der Waals surface area contributed by atoms with Crippen molar-refractivity contribution in [2.45, 2.75) is 13.3 Å². The molecular formula is C11H16N4O. The standard InChI is InChI=1S/C11H16N4O/c1-3-5-12-10-8-14-9(7-15-10)11(16)13-6-4-2/h3,7-8H,1,4-6H2,2H3,(H,12,15)(H,13,16). The van der Waals surface area contributed by atoms with E-state index in [1.54, 1.807) is 6.08 Å². The lowest BCUT2D eigenvalue weighted by Crippen LogP contribution is -2.25. The molecule has 0 bridgehead atoms. The Balaban J connectivity index is 2.56. The number of carbonyl (C=O) groups excluding carboxylic acids is 1. The van der Waals surface area contributed by atoms with Crippen LogP contribution in [-0.2, 0) is 0 Å². The van der Waals surface area contributed by atoms with E-state index in [1.165, 1.54) is 12.4 Å². The second kappa shape index (κ2) is 6.55. The lowest BCUT2D eigenvalue weighted by Gasteiger charge is -2.04. The van der Waals surface area contributed by atoms with Crippen LogP contribution in [0.25, 0.3) is 0 Å². The van der Waals surface area contributed by atoms with Crippen LogP contribution in [0.15, 0.2) is 25.0 Å². The first-order valence-corrected chi connectivity index (χ1v) is 5.23. The Kier molecular flexibility index (Phi) is 4.98. The van der Waals surface area contributed by atoms with Gasteiger partial charge in [0.15, 0.2) is 0 Å². The molecule has 0 atom stereocenters. The zero-order chi connectivity index (χ0) is 11.8. The van der Waals surface area contributed by atoms with Crippen molar-refractivity contribution in [3.05, 3.63) is 30.7 Å². The minimum atomic E-state index is -0.190. The number of amides is 1. The minimum Gasteiger partial charge on any atom is -0.365 e. The van der Waals surface area contributed by atoms with Crippen LogP contribution in [0.2, 0.25) is 0 Å². The van der Waals surface area contributed by atoms with E-state index in [1.807, 2.05) is 6.92 Å². The number of rotatable bonds is 6. The van der Waals surface area contributed by atoms with Gasteiger partial charge in [-0.1, -0.05) is 13.0 Å². The van der Waals surface area contributed by atoms with Crippen molar-refractivity contribution < 1.29 is 4.79 Å². The molecule has 0 aliphatic carbocycles. The van der Waals surface area contributed by atoms with Crippen LogP contribution >= 0.6 is 0 Å². The molecule has 16 heavy (non-hydrogen) atoms. The molecule has 0 spiro atoms. The lowest BCUT2D eigenvalue weighted by atomic mass is 10.4. The van der Waals surface area contributed by atoms with Gasteiger partial charge in [-0.15, -0.1) is 6.58 Å². The van der Waals surface area contributed by atoms with Gasteiger partial charge in [-0.2, -0.15) is 0 Å². The number of hydrogen-bond donors (Lipinski definition) is 2. The normalized spacial score (nSPS) is 9.56. The van der Waals surface area contributed by atoms with Crippen molar-refractivity contribution in [1.82, 2.24) is 15.3 Å². The second-order valence-corrected chi connectivity index (χ2v) is 3.21. The van der Waals surface area contributed by atoms with E-state index < -0.39 is 0 Å². The van der Waals surface area contributed by atoms with Crippen LogP contribution < -0.4 is 10.6 Å². The Morgan fingerprint density at radius 1 is 1.50 bits per heavy atom. The van der Waals surface area contributed by atoms with Crippen LogP contribution in [0.4, 0.5) is 5.82 Å². The molecule has 0 fully saturated rings. The average molecular weight is 220 g/mol. The fraction of sp³-hybridized carbons (Fsp3) is 0.364. The van der Waals surface area contributed by atoms with E-state index in [9.17, 15) is 4.79 Å². The first-order chi connectivity index (χ1) is 7.77. The van der Waals surface area contributed by atoms with Crippen molar-refractivity contribution in [2.24, 2.45) is 0 Å². The third kappa shape index (κ3) is 3.68. The van der Waals surface area contributed by atoms with Crippen LogP contribution in [-0.4, -0.2) is 29.0 Å². The third-order valence-corrected chi connectivity index (χ3v) is 1.85.